The highest BCUT2D eigenvalue weighted by Crippen LogP contribution is 2.26. The molecule has 21 heavy (non-hydrogen) atoms. The molecule has 7 nitrogen and oxygen atoms in total. The molecule has 0 N–H and O–H groups in total. The average molecular weight is 314 g/mol. The summed E-state index contributed by atoms with van der Waals surface area (Å²) in [7, 11) is 0.312. The van der Waals surface area contributed by atoms with Crippen molar-refractivity contribution >= 4 is 10.0 Å². The molecule has 2 aliphatic rings. The van der Waals surface area contributed by atoms with Gasteiger partial charge in [0, 0.05) is 38.9 Å². The number of nitrogens with zero attached hydrogens (tertiary/aromatic N) is 4. The van der Waals surface area contributed by atoms with Gasteiger partial charge in [-0.05, 0) is 20.4 Å². The number of ether oxygens (including phenoxy) is 1. The molecule has 0 bridgehead atoms. The van der Waals surface area contributed by atoms with E-state index in [4.69, 9.17) is 4.74 Å². The summed E-state index contributed by atoms with van der Waals surface area (Å²) in [6.45, 7) is 4.34. The maximum atomic E-state index is 12.7. The first kappa shape index (κ1) is 15.0. The van der Waals surface area contributed by atoms with Gasteiger partial charge in [0.15, 0.2) is 5.03 Å². The van der Waals surface area contributed by atoms with Crippen molar-refractivity contribution in [2.45, 2.75) is 30.5 Å². The van der Waals surface area contributed by atoms with Crippen LogP contribution in [0.5, 0.6) is 0 Å². The normalized spacial score (nSPS) is 28.5. The number of fused-ring (bicyclic) bond motifs is 1. The van der Waals surface area contributed by atoms with Gasteiger partial charge in [-0.1, -0.05) is 0 Å². The Morgan fingerprint density at radius 1 is 1.33 bits per heavy atom. The van der Waals surface area contributed by atoms with E-state index in [2.05, 4.69) is 9.88 Å². The van der Waals surface area contributed by atoms with E-state index in [-0.39, 0.29) is 17.2 Å². The minimum Gasteiger partial charge on any atom is -0.375 e. The Bertz CT molecular complexity index is 608. The first-order valence-electron chi connectivity index (χ1n) is 7.21. The molecular formula is C13H22N4O3S. The van der Waals surface area contributed by atoms with Crippen LogP contribution in [0.25, 0.3) is 0 Å². The Balaban J connectivity index is 1.83. The number of hydrogen-bond donors (Lipinski definition) is 0. The predicted octanol–water partition coefficient (Wildman–Crippen LogP) is -0.178. The van der Waals surface area contributed by atoms with Gasteiger partial charge in [0.05, 0.1) is 12.7 Å². The minimum absolute atomic E-state index is 0.132. The van der Waals surface area contributed by atoms with Gasteiger partial charge in [-0.15, -0.1) is 0 Å². The zero-order chi connectivity index (χ0) is 15.2. The molecule has 0 spiro atoms. The molecule has 2 unspecified atom stereocenters. The zero-order valence-electron chi connectivity index (χ0n) is 12.7. The van der Waals surface area contributed by atoms with Crippen molar-refractivity contribution in [2.24, 2.45) is 7.05 Å². The van der Waals surface area contributed by atoms with E-state index in [1.165, 1.54) is 0 Å². The molecule has 0 saturated carbocycles. The van der Waals surface area contributed by atoms with Crippen LogP contribution >= 0.6 is 0 Å². The summed E-state index contributed by atoms with van der Waals surface area (Å²) in [5, 5.41) is 0.139. The predicted molar refractivity (Wildman–Crippen MR) is 77.5 cm³/mol. The summed E-state index contributed by atoms with van der Waals surface area (Å²) >= 11 is 0. The number of likely N-dealkylation sites (N-methyl/N-ethyl adjacent to an activating group) is 1. The third-order valence-electron chi connectivity index (χ3n) is 4.52. The van der Waals surface area contributed by atoms with Crippen LogP contribution in [0.2, 0.25) is 0 Å². The van der Waals surface area contributed by atoms with Crippen molar-refractivity contribution in [2.75, 3.05) is 33.3 Å². The lowest BCUT2D eigenvalue weighted by molar-refractivity contribution is -0.0840. The molecule has 1 aromatic heterocycles. The lowest BCUT2D eigenvalue weighted by Gasteiger charge is -2.44. The van der Waals surface area contributed by atoms with Crippen molar-refractivity contribution in [1.29, 1.82) is 0 Å². The molecule has 2 saturated heterocycles. The number of rotatable bonds is 2. The fourth-order valence-electron chi connectivity index (χ4n) is 3.01. The standard InChI is InChI=1S/C13H22N4O3S/c1-10-14-13(9-16(10)3)21(18,19)17-5-4-12-11(8-17)15(2)6-7-20-12/h9,11-12H,4-8H2,1-3H3. The molecule has 2 atom stereocenters. The first-order chi connectivity index (χ1) is 9.89. The first-order valence-corrected chi connectivity index (χ1v) is 8.65. The molecule has 0 radical (unpaired) electrons. The maximum absolute atomic E-state index is 12.7. The maximum Gasteiger partial charge on any atom is 0.262 e. The van der Waals surface area contributed by atoms with Gasteiger partial charge in [0.1, 0.15) is 5.82 Å². The average Bonchev–Trinajstić information content (AvgIpc) is 2.79. The summed E-state index contributed by atoms with van der Waals surface area (Å²) in [6, 6.07) is 0.132. The summed E-state index contributed by atoms with van der Waals surface area (Å²) < 4.78 is 34.5. The van der Waals surface area contributed by atoms with Gasteiger partial charge < -0.3 is 9.30 Å². The number of aryl methyl sites for hydroxylation is 2. The lowest BCUT2D eigenvalue weighted by Crippen LogP contribution is -2.59. The number of piperidine rings is 1. The highest BCUT2D eigenvalue weighted by molar-refractivity contribution is 7.89. The van der Waals surface area contributed by atoms with E-state index >= 15 is 0 Å². The molecule has 3 rings (SSSR count). The largest absolute Gasteiger partial charge is 0.375 e. The van der Waals surface area contributed by atoms with Crippen LogP contribution in [0, 0.1) is 6.92 Å². The molecule has 1 aromatic rings. The van der Waals surface area contributed by atoms with Gasteiger partial charge in [-0.3, -0.25) is 4.90 Å². The summed E-state index contributed by atoms with van der Waals surface area (Å²) in [5.74, 6) is 0.696. The molecule has 2 aliphatic heterocycles. The van der Waals surface area contributed by atoms with E-state index in [9.17, 15) is 8.42 Å². The second-order valence-corrected chi connectivity index (χ2v) is 7.73. The summed E-state index contributed by atoms with van der Waals surface area (Å²) in [5.41, 5.74) is 0. The molecule has 2 fully saturated rings. The highest BCUT2D eigenvalue weighted by atomic mass is 32.2. The molecule has 118 valence electrons. The van der Waals surface area contributed by atoms with Crippen molar-refractivity contribution in [3.05, 3.63) is 12.0 Å². The van der Waals surface area contributed by atoms with Crippen LogP contribution in [-0.4, -0.2) is 72.6 Å². The minimum atomic E-state index is -3.52. The van der Waals surface area contributed by atoms with Crippen molar-refractivity contribution < 1.29 is 13.2 Å². The Labute approximate surface area is 125 Å². The van der Waals surface area contributed by atoms with Crippen molar-refractivity contribution in [3.8, 4) is 0 Å². The molecular weight excluding hydrogens is 292 g/mol. The second kappa shape index (κ2) is 5.35. The molecule has 3 heterocycles. The third kappa shape index (κ3) is 2.61. The van der Waals surface area contributed by atoms with Crippen LogP contribution in [-0.2, 0) is 21.8 Å². The Morgan fingerprint density at radius 2 is 2.10 bits per heavy atom. The van der Waals surface area contributed by atoms with Crippen LogP contribution in [0.1, 0.15) is 12.2 Å². The van der Waals surface area contributed by atoms with Crippen molar-refractivity contribution in [3.63, 3.8) is 0 Å². The van der Waals surface area contributed by atoms with E-state index in [1.54, 1.807) is 29.0 Å². The van der Waals surface area contributed by atoms with Crippen LogP contribution in [0.15, 0.2) is 11.2 Å². The van der Waals surface area contributed by atoms with Crippen molar-refractivity contribution in [1.82, 2.24) is 18.8 Å². The number of morpholine rings is 1. The van der Waals surface area contributed by atoms with Gasteiger partial charge in [-0.2, -0.15) is 4.31 Å². The number of sulfonamides is 1. The summed E-state index contributed by atoms with van der Waals surface area (Å²) in [4.78, 5) is 6.36. The zero-order valence-corrected chi connectivity index (χ0v) is 13.5. The third-order valence-corrected chi connectivity index (χ3v) is 6.25. The monoisotopic (exact) mass is 314 g/mol. The Hall–Kier alpha value is -0.960. The topological polar surface area (TPSA) is 67.7 Å². The second-order valence-electron chi connectivity index (χ2n) is 5.85. The number of hydrogen-bond acceptors (Lipinski definition) is 5. The fourth-order valence-corrected chi connectivity index (χ4v) is 4.51. The smallest absolute Gasteiger partial charge is 0.262 e. The number of imidazole rings is 1. The molecule has 0 amide bonds. The van der Waals surface area contributed by atoms with E-state index in [0.717, 1.165) is 19.6 Å². The van der Waals surface area contributed by atoms with Crippen LogP contribution in [0.3, 0.4) is 0 Å². The summed E-state index contributed by atoms with van der Waals surface area (Å²) in [6.07, 6.45) is 2.46. The van der Waals surface area contributed by atoms with Gasteiger partial charge in [0.2, 0.25) is 0 Å². The SMILES string of the molecule is Cc1nc(S(=O)(=O)N2CCC3OCCN(C)C3C2)cn1C. The van der Waals surface area contributed by atoms with Gasteiger partial charge in [0.25, 0.3) is 10.0 Å². The highest BCUT2D eigenvalue weighted by Gasteiger charge is 2.40. The van der Waals surface area contributed by atoms with Gasteiger partial charge >= 0.3 is 0 Å². The molecule has 0 aliphatic carbocycles. The van der Waals surface area contributed by atoms with E-state index < -0.39 is 10.0 Å². The fraction of sp³-hybridized carbons (Fsp3) is 0.769. The van der Waals surface area contributed by atoms with E-state index in [0.29, 0.717) is 18.9 Å². The van der Waals surface area contributed by atoms with Crippen LogP contribution in [0.4, 0.5) is 0 Å². The number of aromatic nitrogens is 2. The quantitative estimate of drug-likeness (QED) is 0.758. The lowest BCUT2D eigenvalue weighted by atomic mass is 10.0. The Kier molecular flexibility index (Phi) is 3.81. The Morgan fingerprint density at radius 3 is 2.76 bits per heavy atom. The van der Waals surface area contributed by atoms with Crippen LogP contribution < -0.4 is 0 Å². The van der Waals surface area contributed by atoms with E-state index in [1.807, 2.05) is 7.05 Å². The molecule has 8 heteroatoms. The molecule has 0 aromatic carbocycles. The van der Waals surface area contributed by atoms with Gasteiger partial charge in [-0.25, -0.2) is 13.4 Å².